The van der Waals surface area contributed by atoms with Crippen molar-refractivity contribution in [1.82, 2.24) is 10.2 Å². The molecule has 0 spiro atoms. The van der Waals surface area contributed by atoms with E-state index < -0.39 is 0 Å². The van der Waals surface area contributed by atoms with Gasteiger partial charge in [-0.1, -0.05) is 65.5 Å². The highest BCUT2D eigenvalue weighted by Gasteiger charge is 2.36. The lowest BCUT2D eigenvalue weighted by Crippen LogP contribution is -2.41. The second-order valence-electron chi connectivity index (χ2n) is 7.98. The molecule has 2 aromatic rings. The van der Waals surface area contributed by atoms with E-state index in [-0.39, 0.29) is 11.9 Å². The van der Waals surface area contributed by atoms with Crippen LogP contribution in [0.15, 0.2) is 52.6 Å². The quantitative estimate of drug-likeness (QED) is 0.372. The summed E-state index contributed by atoms with van der Waals surface area (Å²) in [4.78, 5) is 14.9. The molecule has 168 valence electrons. The molecule has 1 saturated carbocycles. The second-order valence-corrected chi connectivity index (χ2v) is 9.22. The Morgan fingerprint density at radius 3 is 2.56 bits per heavy atom. The van der Waals surface area contributed by atoms with Gasteiger partial charge in [-0.15, -0.1) is 0 Å². The Bertz CT molecular complexity index is 1020. The zero-order valence-corrected chi connectivity index (χ0v) is 20.5. The summed E-state index contributed by atoms with van der Waals surface area (Å²) in [6.07, 6.45) is 7.35. The summed E-state index contributed by atoms with van der Waals surface area (Å²) in [5.74, 6) is 1.22. The van der Waals surface area contributed by atoms with E-state index >= 15 is 0 Å². The van der Waals surface area contributed by atoms with Gasteiger partial charge < -0.3 is 14.8 Å². The van der Waals surface area contributed by atoms with Crippen LogP contribution in [0.2, 0.25) is 0 Å². The Balaban J connectivity index is 1.56. The number of carbonyl (C=O) groups is 1. The van der Waals surface area contributed by atoms with E-state index in [1.807, 2.05) is 55.5 Å². The number of amides is 1. The number of nitrogens with zero attached hydrogens (tertiary/aromatic N) is 1. The fourth-order valence-electron chi connectivity index (χ4n) is 4.15. The van der Waals surface area contributed by atoms with Crippen LogP contribution in [0.1, 0.15) is 50.2 Å². The van der Waals surface area contributed by atoms with Crippen molar-refractivity contribution in [2.75, 3.05) is 6.61 Å². The van der Waals surface area contributed by atoms with Crippen molar-refractivity contribution in [3.8, 4) is 11.5 Å². The molecule has 5 nitrogen and oxygen atoms in total. The third-order valence-electron chi connectivity index (χ3n) is 5.75. The minimum Gasteiger partial charge on any atom is -0.490 e. The standard InChI is InChI=1S/C25H27BrN2O3S/c1-2-30-22-14-18(20(26)15-23(22)31-16-17-9-5-3-6-10-17)13-21-24(29)28(25(32)27-21)19-11-7-4-8-12-19/h3,5-6,9-10,13-15,19H,2,4,7-8,11-12,16H2,1H3,(H,27,32)/b21-13-. The van der Waals surface area contributed by atoms with Gasteiger partial charge in [0.25, 0.3) is 5.91 Å². The van der Waals surface area contributed by atoms with Crippen LogP contribution in [-0.4, -0.2) is 28.6 Å². The molecule has 1 amide bonds. The van der Waals surface area contributed by atoms with Crippen molar-refractivity contribution < 1.29 is 14.3 Å². The van der Waals surface area contributed by atoms with Gasteiger partial charge in [0.05, 0.1) is 6.61 Å². The molecule has 1 heterocycles. The second kappa shape index (κ2) is 10.5. The van der Waals surface area contributed by atoms with Crippen molar-refractivity contribution in [3.63, 3.8) is 0 Å². The Hall–Kier alpha value is -2.38. The zero-order chi connectivity index (χ0) is 22.5. The maximum Gasteiger partial charge on any atom is 0.276 e. The fourth-order valence-corrected chi connectivity index (χ4v) is 4.93. The number of ether oxygens (including phenoxy) is 2. The van der Waals surface area contributed by atoms with Crippen LogP contribution in [0, 0.1) is 0 Å². The molecule has 1 saturated heterocycles. The molecule has 2 aliphatic rings. The van der Waals surface area contributed by atoms with Gasteiger partial charge in [0.2, 0.25) is 0 Å². The Kier molecular flexibility index (Phi) is 7.48. The summed E-state index contributed by atoms with van der Waals surface area (Å²) >= 11 is 9.12. The van der Waals surface area contributed by atoms with E-state index in [0.717, 1.165) is 41.3 Å². The topological polar surface area (TPSA) is 50.8 Å². The number of hydrogen-bond acceptors (Lipinski definition) is 4. The molecular formula is C25H27BrN2O3S. The lowest BCUT2D eigenvalue weighted by molar-refractivity contribution is -0.124. The van der Waals surface area contributed by atoms with E-state index in [2.05, 4.69) is 21.2 Å². The summed E-state index contributed by atoms with van der Waals surface area (Å²) < 4.78 is 12.7. The van der Waals surface area contributed by atoms with Crippen LogP contribution in [0.5, 0.6) is 11.5 Å². The predicted octanol–water partition coefficient (Wildman–Crippen LogP) is 5.82. The van der Waals surface area contributed by atoms with Gasteiger partial charge in [-0.25, -0.2) is 0 Å². The van der Waals surface area contributed by atoms with Crippen molar-refractivity contribution >= 4 is 45.2 Å². The molecule has 2 fully saturated rings. The van der Waals surface area contributed by atoms with Gasteiger partial charge in [0.1, 0.15) is 12.3 Å². The molecule has 1 aliphatic heterocycles. The molecule has 0 unspecified atom stereocenters. The number of carbonyl (C=O) groups excluding carboxylic acids is 1. The highest BCUT2D eigenvalue weighted by atomic mass is 79.9. The Morgan fingerprint density at radius 2 is 1.84 bits per heavy atom. The van der Waals surface area contributed by atoms with Gasteiger partial charge in [0, 0.05) is 10.5 Å². The molecule has 1 N–H and O–H groups in total. The maximum atomic E-state index is 13.1. The lowest BCUT2D eigenvalue weighted by atomic mass is 9.94. The fraction of sp³-hybridized carbons (Fsp3) is 0.360. The van der Waals surface area contributed by atoms with Crippen LogP contribution in [0.3, 0.4) is 0 Å². The molecule has 0 radical (unpaired) electrons. The first-order valence-electron chi connectivity index (χ1n) is 11.1. The summed E-state index contributed by atoms with van der Waals surface area (Å²) in [5, 5.41) is 3.61. The molecule has 4 rings (SSSR count). The zero-order valence-electron chi connectivity index (χ0n) is 18.1. The first-order valence-corrected chi connectivity index (χ1v) is 12.3. The van der Waals surface area contributed by atoms with Crippen LogP contribution in [0.25, 0.3) is 6.08 Å². The van der Waals surface area contributed by atoms with Gasteiger partial charge in [-0.3, -0.25) is 9.69 Å². The lowest BCUT2D eigenvalue weighted by Gasteiger charge is -2.29. The molecule has 7 heteroatoms. The summed E-state index contributed by atoms with van der Waals surface area (Å²) in [6, 6.07) is 14.0. The van der Waals surface area contributed by atoms with E-state index in [4.69, 9.17) is 21.7 Å². The Labute approximate surface area is 202 Å². The number of nitrogens with one attached hydrogen (secondary N) is 1. The minimum atomic E-state index is -0.0591. The van der Waals surface area contributed by atoms with E-state index in [1.165, 1.54) is 6.42 Å². The molecular weight excluding hydrogens is 488 g/mol. The molecule has 0 atom stereocenters. The SMILES string of the molecule is CCOc1cc(/C=C2\NC(=S)N(C3CCCCC3)C2=O)c(Br)cc1OCc1ccccc1. The Morgan fingerprint density at radius 1 is 1.12 bits per heavy atom. The molecule has 1 aliphatic carbocycles. The summed E-state index contributed by atoms with van der Waals surface area (Å²) in [6.45, 7) is 2.89. The highest BCUT2D eigenvalue weighted by molar-refractivity contribution is 9.10. The monoisotopic (exact) mass is 514 g/mol. The van der Waals surface area contributed by atoms with Crippen molar-refractivity contribution in [3.05, 3.63) is 63.8 Å². The number of hydrogen-bond donors (Lipinski definition) is 1. The largest absolute Gasteiger partial charge is 0.490 e. The van der Waals surface area contributed by atoms with Crippen LogP contribution >= 0.6 is 28.1 Å². The van der Waals surface area contributed by atoms with Gasteiger partial charge in [-0.05, 0) is 61.3 Å². The number of thiocarbonyl (C=S) groups is 1. The molecule has 0 bridgehead atoms. The third-order valence-corrected chi connectivity index (χ3v) is 6.73. The van der Waals surface area contributed by atoms with Crippen molar-refractivity contribution in [2.45, 2.75) is 51.7 Å². The average Bonchev–Trinajstić information content (AvgIpc) is 3.09. The van der Waals surface area contributed by atoms with E-state index in [0.29, 0.717) is 35.5 Å². The minimum absolute atomic E-state index is 0.0591. The number of halogens is 1. The van der Waals surface area contributed by atoms with Gasteiger partial charge in [-0.2, -0.15) is 0 Å². The molecule has 32 heavy (non-hydrogen) atoms. The average molecular weight is 515 g/mol. The summed E-state index contributed by atoms with van der Waals surface area (Å²) in [5.41, 5.74) is 2.39. The van der Waals surface area contributed by atoms with Crippen molar-refractivity contribution in [1.29, 1.82) is 0 Å². The van der Waals surface area contributed by atoms with Crippen LogP contribution < -0.4 is 14.8 Å². The van der Waals surface area contributed by atoms with Gasteiger partial charge >= 0.3 is 0 Å². The smallest absolute Gasteiger partial charge is 0.276 e. The number of benzene rings is 2. The van der Waals surface area contributed by atoms with Crippen LogP contribution in [-0.2, 0) is 11.4 Å². The van der Waals surface area contributed by atoms with E-state index in [9.17, 15) is 4.79 Å². The highest BCUT2D eigenvalue weighted by Crippen LogP contribution is 2.36. The molecule has 0 aromatic heterocycles. The summed E-state index contributed by atoms with van der Waals surface area (Å²) in [7, 11) is 0. The third kappa shape index (κ3) is 5.15. The normalized spacial score (nSPS) is 18.2. The molecule has 2 aromatic carbocycles. The first kappa shape index (κ1) is 22.8. The first-order chi connectivity index (χ1) is 15.6. The predicted molar refractivity (Wildman–Crippen MR) is 134 cm³/mol. The van der Waals surface area contributed by atoms with E-state index in [1.54, 1.807) is 4.90 Å². The van der Waals surface area contributed by atoms with Crippen molar-refractivity contribution in [2.24, 2.45) is 0 Å². The van der Waals surface area contributed by atoms with Crippen LogP contribution in [0.4, 0.5) is 0 Å². The van der Waals surface area contributed by atoms with Gasteiger partial charge in [0.15, 0.2) is 16.6 Å². The maximum absolute atomic E-state index is 13.1. The number of rotatable bonds is 7.